The Kier molecular flexibility index (Phi) is 2.45. The highest BCUT2D eigenvalue weighted by molar-refractivity contribution is 5.33. The molecule has 0 amide bonds. The lowest BCUT2D eigenvalue weighted by atomic mass is 9.94. The Balaban J connectivity index is 2.34. The Morgan fingerprint density at radius 3 is 2.55 bits per heavy atom. The summed E-state index contributed by atoms with van der Waals surface area (Å²) < 4.78 is 0. The molecule has 0 unspecified atom stereocenters. The fraction of sp³-hybridized carbons (Fsp3) is 0.889. The van der Waals surface area contributed by atoms with Gasteiger partial charge in [0, 0.05) is 0 Å². The van der Waals surface area contributed by atoms with Gasteiger partial charge in [0.25, 0.3) is 0 Å². The van der Waals surface area contributed by atoms with Crippen molar-refractivity contribution in [2.75, 3.05) is 6.54 Å². The molecular weight excluding hydrogens is 138 g/mol. The number of nitrogens with zero attached hydrogens (tertiary/aromatic N) is 1. The third kappa shape index (κ3) is 2.47. The van der Waals surface area contributed by atoms with Gasteiger partial charge in [-0.3, -0.25) is 0 Å². The van der Waals surface area contributed by atoms with Crippen molar-refractivity contribution >= 4 is 6.08 Å². The van der Waals surface area contributed by atoms with Gasteiger partial charge in [0.05, 0.1) is 6.54 Å². The van der Waals surface area contributed by atoms with E-state index in [0.29, 0.717) is 12.0 Å². The molecule has 62 valence electrons. The summed E-state index contributed by atoms with van der Waals surface area (Å²) >= 11 is 0. The van der Waals surface area contributed by atoms with Crippen molar-refractivity contribution in [3.8, 4) is 0 Å². The summed E-state index contributed by atoms with van der Waals surface area (Å²) in [6, 6.07) is 0. The Bertz CT molecular complexity index is 176. The molecule has 2 heteroatoms. The summed E-state index contributed by atoms with van der Waals surface area (Å²) in [4.78, 5) is 13.5. The van der Waals surface area contributed by atoms with Crippen LogP contribution in [-0.2, 0) is 4.79 Å². The van der Waals surface area contributed by atoms with Gasteiger partial charge in [-0.25, -0.2) is 9.79 Å². The van der Waals surface area contributed by atoms with Crippen LogP contribution in [0.5, 0.6) is 0 Å². The van der Waals surface area contributed by atoms with E-state index in [1.54, 1.807) is 6.08 Å². The van der Waals surface area contributed by atoms with Crippen molar-refractivity contribution in [1.82, 2.24) is 0 Å². The maximum absolute atomic E-state index is 9.87. The Labute approximate surface area is 67.7 Å². The molecule has 0 spiro atoms. The molecular formula is C9H15NO. The maximum Gasteiger partial charge on any atom is 0.234 e. The SMILES string of the molecule is CC(C)CC1(CN=C=O)CC1. The number of rotatable bonds is 4. The van der Waals surface area contributed by atoms with Gasteiger partial charge in [-0.1, -0.05) is 13.8 Å². The van der Waals surface area contributed by atoms with Crippen LogP contribution in [0.15, 0.2) is 4.99 Å². The van der Waals surface area contributed by atoms with E-state index in [9.17, 15) is 4.79 Å². The average Bonchev–Trinajstić information content (AvgIpc) is 2.64. The predicted molar refractivity (Wildman–Crippen MR) is 44.1 cm³/mol. The van der Waals surface area contributed by atoms with E-state index in [4.69, 9.17) is 0 Å². The second kappa shape index (κ2) is 3.19. The molecule has 11 heavy (non-hydrogen) atoms. The lowest BCUT2D eigenvalue weighted by Crippen LogP contribution is -2.08. The lowest BCUT2D eigenvalue weighted by Gasteiger charge is -2.13. The normalized spacial score (nSPS) is 19.5. The minimum Gasteiger partial charge on any atom is -0.211 e. The van der Waals surface area contributed by atoms with Gasteiger partial charge in [0.1, 0.15) is 0 Å². The van der Waals surface area contributed by atoms with Crippen LogP contribution in [0.2, 0.25) is 0 Å². The van der Waals surface area contributed by atoms with Crippen LogP contribution < -0.4 is 0 Å². The van der Waals surface area contributed by atoms with Gasteiger partial charge < -0.3 is 0 Å². The molecule has 0 aliphatic heterocycles. The molecule has 2 nitrogen and oxygen atoms in total. The third-order valence-electron chi connectivity index (χ3n) is 2.28. The molecule has 1 fully saturated rings. The van der Waals surface area contributed by atoms with E-state index >= 15 is 0 Å². The van der Waals surface area contributed by atoms with Crippen molar-refractivity contribution in [2.24, 2.45) is 16.3 Å². The van der Waals surface area contributed by atoms with Crippen molar-refractivity contribution in [3.63, 3.8) is 0 Å². The second-order valence-corrected chi connectivity index (χ2v) is 4.01. The largest absolute Gasteiger partial charge is 0.234 e. The molecule has 0 saturated heterocycles. The first-order valence-corrected chi connectivity index (χ1v) is 4.22. The summed E-state index contributed by atoms with van der Waals surface area (Å²) in [7, 11) is 0. The van der Waals surface area contributed by atoms with Crippen LogP contribution in [0.3, 0.4) is 0 Å². The summed E-state index contributed by atoms with van der Waals surface area (Å²) in [6.07, 6.45) is 5.31. The molecule has 1 aliphatic rings. The van der Waals surface area contributed by atoms with Gasteiger partial charge in [-0.2, -0.15) is 0 Å². The van der Waals surface area contributed by atoms with E-state index in [1.165, 1.54) is 19.3 Å². The van der Waals surface area contributed by atoms with Crippen molar-refractivity contribution in [1.29, 1.82) is 0 Å². The topological polar surface area (TPSA) is 29.4 Å². The Morgan fingerprint density at radius 1 is 1.55 bits per heavy atom. The van der Waals surface area contributed by atoms with Crippen LogP contribution in [0.4, 0.5) is 0 Å². The molecule has 1 rings (SSSR count). The van der Waals surface area contributed by atoms with E-state index in [1.807, 2.05) is 0 Å². The molecule has 0 aromatic rings. The minimum absolute atomic E-state index is 0.394. The van der Waals surface area contributed by atoms with Gasteiger partial charge >= 0.3 is 0 Å². The van der Waals surface area contributed by atoms with E-state index in [0.717, 1.165) is 5.92 Å². The van der Waals surface area contributed by atoms with Crippen molar-refractivity contribution in [3.05, 3.63) is 0 Å². The average molecular weight is 153 g/mol. The minimum atomic E-state index is 0.394. The molecule has 1 aliphatic carbocycles. The second-order valence-electron chi connectivity index (χ2n) is 4.01. The molecule has 0 N–H and O–H groups in total. The number of hydrogen-bond donors (Lipinski definition) is 0. The summed E-state index contributed by atoms with van der Waals surface area (Å²) in [5, 5.41) is 0. The smallest absolute Gasteiger partial charge is 0.211 e. The molecule has 1 saturated carbocycles. The fourth-order valence-electron chi connectivity index (χ4n) is 1.67. The zero-order valence-corrected chi connectivity index (χ0v) is 7.26. The van der Waals surface area contributed by atoms with Crippen LogP contribution in [-0.4, -0.2) is 12.6 Å². The van der Waals surface area contributed by atoms with Gasteiger partial charge in [0.15, 0.2) is 0 Å². The standard InChI is InChI=1S/C9H15NO/c1-8(2)5-9(3-4-9)6-10-7-11/h8H,3-6H2,1-2H3. The Hall–Kier alpha value is -0.620. The highest BCUT2D eigenvalue weighted by atomic mass is 16.1. The molecule has 0 heterocycles. The van der Waals surface area contributed by atoms with Gasteiger partial charge in [-0.05, 0) is 30.6 Å². The fourth-order valence-corrected chi connectivity index (χ4v) is 1.67. The van der Waals surface area contributed by atoms with Crippen molar-refractivity contribution < 1.29 is 4.79 Å². The number of aliphatic imine (C=N–C) groups is 1. The van der Waals surface area contributed by atoms with E-state index in [-0.39, 0.29) is 0 Å². The van der Waals surface area contributed by atoms with Gasteiger partial charge in [0.2, 0.25) is 6.08 Å². The van der Waals surface area contributed by atoms with Crippen LogP contribution in [0.1, 0.15) is 33.1 Å². The quantitative estimate of drug-likeness (QED) is 0.449. The van der Waals surface area contributed by atoms with Crippen LogP contribution in [0, 0.1) is 11.3 Å². The first-order chi connectivity index (χ1) is 5.18. The van der Waals surface area contributed by atoms with Crippen LogP contribution >= 0.6 is 0 Å². The summed E-state index contributed by atoms with van der Waals surface area (Å²) in [5.41, 5.74) is 0.394. The van der Waals surface area contributed by atoms with E-state index in [2.05, 4.69) is 18.8 Å². The number of isocyanates is 1. The molecule has 0 radical (unpaired) electrons. The molecule has 0 aromatic carbocycles. The molecule has 0 atom stereocenters. The van der Waals surface area contributed by atoms with Crippen molar-refractivity contribution in [2.45, 2.75) is 33.1 Å². The van der Waals surface area contributed by atoms with Crippen LogP contribution in [0.25, 0.3) is 0 Å². The zero-order valence-electron chi connectivity index (χ0n) is 7.26. The lowest BCUT2D eigenvalue weighted by molar-refractivity contribution is 0.398. The molecule has 0 aromatic heterocycles. The van der Waals surface area contributed by atoms with Gasteiger partial charge in [-0.15, -0.1) is 0 Å². The first kappa shape index (κ1) is 8.48. The monoisotopic (exact) mass is 153 g/mol. The number of hydrogen-bond acceptors (Lipinski definition) is 2. The Morgan fingerprint density at radius 2 is 2.18 bits per heavy atom. The summed E-state index contributed by atoms with van der Waals surface area (Å²) in [5.74, 6) is 0.722. The molecule has 0 bridgehead atoms. The zero-order chi connectivity index (χ0) is 8.32. The third-order valence-corrected chi connectivity index (χ3v) is 2.28. The highest BCUT2D eigenvalue weighted by Crippen LogP contribution is 2.50. The highest BCUT2D eigenvalue weighted by Gasteiger charge is 2.42. The summed E-state index contributed by atoms with van der Waals surface area (Å²) in [6.45, 7) is 5.13. The maximum atomic E-state index is 9.87. The predicted octanol–water partition coefficient (Wildman–Crippen LogP) is 2.15. The number of carbonyl (C=O) groups excluding carboxylic acids is 1. The first-order valence-electron chi connectivity index (χ1n) is 4.22. The van der Waals surface area contributed by atoms with E-state index < -0.39 is 0 Å².